The average Bonchev–Trinajstić information content (AvgIpc) is 3.30. The molecule has 1 aliphatic heterocycles. The lowest BCUT2D eigenvalue weighted by Gasteiger charge is -2.28. The number of H-pyrrole nitrogens is 2. The van der Waals surface area contributed by atoms with Gasteiger partial charge in [-0.05, 0) is 47.6 Å². The van der Waals surface area contributed by atoms with E-state index in [9.17, 15) is 19.5 Å². The molecule has 1 unspecified atom stereocenters. The summed E-state index contributed by atoms with van der Waals surface area (Å²) in [6.45, 7) is 9.71. The number of pyridine rings is 1. The zero-order valence-electron chi connectivity index (χ0n) is 21.9. The number of likely N-dealkylation sites (tertiary alicyclic amines) is 1. The molecule has 0 bridgehead atoms. The molecule has 1 aliphatic rings. The number of esters is 1. The molecule has 0 radical (unpaired) electrons. The molecule has 3 heterocycles. The van der Waals surface area contributed by atoms with Crippen molar-refractivity contribution in [3.05, 3.63) is 93.6 Å². The van der Waals surface area contributed by atoms with Gasteiger partial charge in [0.1, 0.15) is 5.69 Å². The number of ether oxygens (including phenoxy) is 1. The number of amides is 1. The topological polar surface area (TPSA) is 117 Å². The Morgan fingerprint density at radius 2 is 1.81 bits per heavy atom. The number of benzene rings is 1. The zero-order chi connectivity index (χ0) is 27.1. The van der Waals surface area contributed by atoms with Crippen LogP contribution in [0, 0.1) is 13.8 Å². The molecule has 1 amide bonds. The number of nitrogens with zero attached hydrogens (tertiary/aromatic N) is 1. The third-order valence-corrected chi connectivity index (χ3v) is 6.80. The molecule has 1 fully saturated rings. The lowest BCUT2D eigenvalue weighted by atomic mass is 9.85. The number of ketones is 1. The van der Waals surface area contributed by atoms with Crippen molar-refractivity contribution in [1.29, 1.82) is 0 Å². The predicted molar refractivity (Wildman–Crippen MR) is 135 cm³/mol. The van der Waals surface area contributed by atoms with Gasteiger partial charge in [-0.1, -0.05) is 50.8 Å². The van der Waals surface area contributed by atoms with E-state index in [1.807, 2.05) is 36.4 Å². The number of Topliss-reactive ketones (excluding diaryl/α,β-unsaturated/α-hetero) is 1. The SMILES string of the molecule is COC(=O)c1[nH]c(C)c(/C([O-])=C2\C(=O)C(=O)N(Cc3ccc[nH+]c3)C2c2ccc(C(C)(C)C)cc2)c1C. The van der Waals surface area contributed by atoms with Gasteiger partial charge in [0.25, 0.3) is 5.91 Å². The fourth-order valence-electron chi connectivity index (χ4n) is 4.80. The van der Waals surface area contributed by atoms with Crippen molar-refractivity contribution in [1.82, 2.24) is 9.88 Å². The average molecular weight is 502 g/mol. The van der Waals surface area contributed by atoms with Crippen molar-refractivity contribution in [2.24, 2.45) is 0 Å². The first-order valence-corrected chi connectivity index (χ1v) is 12.1. The van der Waals surface area contributed by atoms with Gasteiger partial charge in [0, 0.05) is 22.9 Å². The number of rotatable bonds is 5. The second-order valence-electron chi connectivity index (χ2n) is 10.3. The summed E-state index contributed by atoms with van der Waals surface area (Å²) in [6, 6.07) is 10.4. The summed E-state index contributed by atoms with van der Waals surface area (Å²) < 4.78 is 4.82. The fraction of sp³-hybridized carbons (Fsp3) is 0.310. The molecular weight excluding hydrogens is 470 g/mol. The van der Waals surface area contributed by atoms with Crippen LogP contribution >= 0.6 is 0 Å². The molecule has 0 aliphatic carbocycles. The van der Waals surface area contributed by atoms with E-state index in [1.54, 1.807) is 26.2 Å². The molecule has 1 aromatic carbocycles. The van der Waals surface area contributed by atoms with Gasteiger partial charge in [0.2, 0.25) is 5.78 Å². The van der Waals surface area contributed by atoms with E-state index in [1.165, 1.54) is 12.0 Å². The summed E-state index contributed by atoms with van der Waals surface area (Å²) in [6.07, 6.45) is 3.50. The highest BCUT2D eigenvalue weighted by Gasteiger charge is 2.44. The summed E-state index contributed by atoms with van der Waals surface area (Å²) in [7, 11) is 1.25. The number of hydrogen-bond acceptors (Lipinski definition) is 5. The fourth-order valence-corrected chi connectivity index (χ4v) is 4.80. The summed E-state index contributed by atoms with van der Waals surface area (Å²) in [5.74, 6) is -2.77. The summed E-state index contributed by atoms with van der Waals surface area (Å²) >= 11 is 0. The standard InChI is InChI=1S/C29H31N3O5/c1-16-21(17(2)31-23(16)28(36)37-6)25(33)22-24(19-9-11-20(12-10-19)29(3,4)5)32(27(35)26(22)34)15-18-8-7-13-30-14-18/h7-14,24,31,33H,15H2,1-6H3/b25-22+. The van der Waals surface area contributed by atoms with Crippen molar-refractivity contribution in [2.75, 3.05) is 7.11 Å². The minimum Gasteiger partial charge on any atom is -0.872 e. The molecule has 192 valence electrons. The number of carbonyl (C=O) groups is 3. The maximum atomic E-state index is 14.0. The van der Waals surface area contributed by atoms with Gasteiger partial charge in [-0.25, -0.2) is 9.78 Å². The Morgan fingerprint density at radius 3 is 2.38 bits per heavy atom. The van der Waals surface area contributed by atoms with E-state index in [0.29, 0.717) is 16.8 Å². The number of carbonyl (C=O) groups excluding carboxylic acids is 3. The number of aryl methyl sites for hydroxylation is 1. The van der Waals surface area contributed by atoms with E-state index in [4.69, 9.17) is 4.74 Å². The lowest BCUT2D eigenvalue weighted by Crippen LogP contribution is -2.29. The van der Waals surface area contributed by atoms with Gasteiger partial charge in [-0.15, -0.1) is 0 Å². The van der Waals surface area contributed by atoms with Crippen molar-refractivity contribution in [2.45, 2.75) is 52.6 Å². The van der Waals surface area contributed by atoms with Gasteiger partial charge < -0.3 is 19.7 Å². The highest BCUT2D eigenvalue weighted by atomic mass is 16.5. The summed E-state index contributed by atoms with van der Waals surface area (Å²) in [4.78, 5) is 46.2. The highest BCUT2D eigenvalue weighted by Crippen LogP contribution is 2.41. The Bertz CT molecular complexity index is 1400. The number of aromatic amines is 2. The Morgan fingerprint density at radius 1 is 1.14 bits per heavy atom. The molecule has 0 saturated carbocycles. The second kappa shape index (κ2) is 9.69. The van der Waals surface area contributed by atoms with Crippen LogP contribution < -0.4 is 10.1 Å². The largest absolute Gasteiger partial charge is 0.872 e. The van der Waals surface area contributed by atoms with Crippen LogP contribution in [0.25, 0.3) is 5.76 Å². The zero-order valence-corrected chi connectivity index (χ0v) is 21.9. The molecule has 4 rings (SSSR count). The van der Waals surface area contributed by atoms with Gasteiger partial charge in [-0.2, -0.15) is 0 Å². The van der Waals surface area contributed by atoms with E-state index >= 15 is 0 Å². The molecule has 3 aromatic rings. The van der Waals surface area contributed by atoms with Crippen LogP contribution in [0.1, 0.15) is 70.8 Å². The number of hydrogen-bond donors (Lipinski definition) is 1. The van der Waals surface area contributed by atoms with Gasteiger partial charge in [0.05, 0.1) is 19.7 Å². The molecule has 1 atom stereocenters. The van der Waals surface area contributed by atoms with Crippen LogP contribution in [0.3, 0.4) is 0 Å². The molecule has 2 N–H and O–H groups in total. The molecular formula is C29H31N3O5. The quantitative estimate of drug-likeness (QED) is 0.250. The predicted octanol–water partition coefficient (Wildman–Crippen LogP) is 2.95. The van der Waals surface area contributed by atoms with E-state index in [2.05, 4.69) is 30.7 Å². The van der Waals surface area contributed by atoms with Crippen LogP contribution in [0.15, 0.2) is 54.4 Å². The highest BCUT2D eigenvalue weighted by molar-refractivity contribution is 6.46. The third-order valence-electron chi connectivity index (χ3n) is 6.80. The Hall–Kier alpha value is -4.20. The normalized spacial score (nSPS) is 17.4. The first-order chi connectivity index (χ1) is 17.5. The Balaban J connectivity index is 1.91. The Labute approximate surface area is 216 Å². The van der Waals surface area contributed by atoms with Crippen molar-refractivity contribution >= 4 is 23.4 Å². The molecule has 37 heavy (non-hydrogen) atoms. The minimum atomic E-state index is -0.878. The smallest absolute Gasteiger partial charge is 0.354 e. The van der Waals surface area contributed by atoms with Crippen LogP contribution in [-0.2, 0) is 26.3 Å². The van der Waals surface area contributed by atoms with Crippen molar-refractivity contribution in [3.8, 4) is 0 Å². The first kappa shape index (κ1) is 25.9. The molecule has 0 spiro atoms. The lowest BCUT2D eigenvalue weighted by molar-refractivity contribution is -0.378. The van der Waals surface area contributed by atoms with Crippen LogP contribution in [0.2, 0.25) is 0 Å². The van der Waals surface area contributed by atoms with Crippen LogP contribution in [0.4, 0.5) is 0 Å². The van der Waals surface area contributed by atoms with E-state index < -0.39 is 29.5 Å². The van der Waals surface area contributed by atoms with E-state index in [-0.39, 0.29) is 28.8 Å². The van der Waals surface area contributed by atoms with Gasteiger partial charge in [0.15, 0.2) is 12.4 Å². The second-order valence-corrected chi connectivity index (χ2v) is 10.3. The maximum Gasteiger partial charge on any atom is 0.354 e. The molecule has 1 saturated heterocycles. The van der Waals surface area contributed by atoms with Crippen LogP contribution in [0.5, 0.6) is 0 Å². The third kappa shape index (κ3) is 4.67. The number of methoxy groups -OCH3 is 1. The van der Waals surface area contributed by atoms with Crippen molar-refractivity contribution in [3.63, 3.8) is 0 Å². The summed E-state index contributed by atoms with van der Waals surface area (Å²) in [5, 5.41) is 14.0. The van der Waals surface area contributed by atoms with E-state index in [0.717, 1.165) is 11.1 Å². The molecule has 2 aromatic heterocycles. The van der Waals surface area contributed by atoms with Gasteiger partial charge in [-0.3, -0.25) is 9.59 Å². The first-order valence-electron chi connectivity index (χ1n) is 12.1. The maximum absolute atomic E-state index is 14.0. The monoisotopic (exact) mass is 501 g/mol. The number of nitrogens with one attached hydrogen (secondary N) is 2. The molecule has 8 heteroatoms. The Kier molecular flexibility index (Phi) is 6.78. The van der Waals surface area contributed by atoms with Gasteiger partial charge >= 0.3 is 5.97 Å². The summed E-state index contributed by atoms with van der Waals surface area (Å²) in [5.41, 5.74) is 3.45. The number of aromatic nitrogens is 2. The minimum absolute atomic E-state index is 0.0919. The van der Waals surface area contributed by atoms with Crippen LogP contribution in [-0.4, -0.2) is 34.7 Å². The van der Waals surface area contributed by atoms with Crippen molar-refractivity contribution < 1.29 is 29.2 Å². The molecule has 8 nitrogen and oxygen atoms in total.